The van der Waals surface area contributed by atoms with Gasteiger partial charge in [-0.3, -0.25) is 4.79 Å². The summed E-state index contributed by atoms with van der Waals surface area (Å²) in [5.74, 6) is 1.21. The van der Waals surface area contributed by atoms with E-state index in [1.807, 2.05) is 26.0 Å². The van der Waals surface area contributed by atoms with Crippen molar-refractivity contribution in [2.45, 2.75) is 52.5 Å². The molecule has 0 bridgehead atoms. The number of rotatable bonds is 4. The van der Waals surface area contributed by atoms with Crippen LogP contribution in [0.2, 0.25) is 5.02 Å². The summed E-state index contributed by atoms with van der Waals surface area (Å²) in [5, 5.41) is 3.84. The van der Waals surface area contributed by atoms with Gasteiger partial charge in [-0.2, -0.15) is 0 Å². The number of hydrogen-bond acceptors (Lipinski definition) is 2. The zero-order chi connectivity index (χ0) is 15.4. The van der Waals surface area contributed by atoms with E-state index in [2.05, 4.69) is 12.2 Å². The normalized spacial score (nSPS) is 21.9. The number of carbonyl (C=O) groups excluding carboxylic acids is 1. The van der Waals surface area contributed by atoms with Gasteiger partial charge in [0.1, 0.15) is 5.75 Å². The van der Waals surface area contributed by atoms with Crippen molar-refractivity contribution >= 4 is 17.5 Å². The van der Waals surface area contributed by atoms with Crippen LogP contribution in [0.3, 0.4) is 0 Å². The lowest BCUT2D eigenvalue weighted by Crippen LogP contribution is -2.43. The number of nitrogens with one attached hydrogen (secondary N) is 1. The van der Waals surface area contributed by atoms with Crippen molar-refractivity contribution in [3.8, 4) is 5.75 Å². The molecule has 116 valence electrons. The average Bonchev–Trinajstić information content (AvgIpc) is 2.45. The van der Waals surface area contributed by atoms with E-state index in [9.17, 15) is 4.79 Å². The zero-order valence-electron chi connectivity index (χ0n) is 13.0. The van der Waals surface area contributed by atoms with Crippen molar-refractivity contribution < 1.29 is 9.53 Å². The number of aryl methyl sites for hydroxylation is 2. The molecule has 21 heavy (non-hydrogen) atoms. The molecule has 1 aliphatic carbocycles. The summed E-state index contributed by atoms with van der Waals surface area (Å²) in [7, 11) is 0. The fraction of sp³-hybridized carbons (Fsp3) is 0.588. The van der Waals surface area contributed by atoms with Crippen LogP contribution in [0.5, 0.6) is 5.75 Å². The third-order valence-electron chi connectivity index (χ3n) is 4.24. The van der Waals surface area contributed by atoms with Crippen LogP contribution in [0.25, 0.3) is 0 Å². The molecular weight excluding hydrogens is 286 g/mol. The minimum absolute atomic E-state index is 0.0426. The maximum absolute atomic E-state index is 12.0. The lowest BCUT2D eigenvalue weighted by Gasteiger charge is -2.29. The Balaban J connectivity index is 1.86. The number of benzene rings is 1. The second-order valence-corrected chi connectivity index (χ2v) is 6.47. The summed E-state index contributed by atoms with van der Waals surface area (Å²) < 4.78 is 5.59. The fourth-order valence-electron chi connectivity index (χ4n) is 2.92. The van der Waals surface area contributed by atoms with Gasteiger partial charge in [-0.25, -0.2) is 0 Å². The molecule has 1 saturated carbocycles. The van der Waals surface area contributed by atoms with E-state index in [4.69, 9.17) is 16.3 Å². The van der Waals surface area contributed by atoms with E-state index in [-0.39, 0.29) is 12.5 Å². The Kier molecular flexibility index (Phi) is 5.51. The minimum Gasteiger partial charge on any atom is -0.484 e. The minimum atomic E-state index is -0.0426. The topological polar surface area (TPSA) is 38.3 Å². The molecule has 0 spiro atoms. The lowest BCUT2D eigenvalue weighted by molar-refractivity contribution is -0.124. The summed E-state index contributed by atoms with van der Waals surface area (Å²) in [6.45, 7) is 6.14. The third kappa shape index (κ3) is 4.37. The van der Waals surface area contributed by atoms with E-state index in [0.29, 0.717) is 17.7 Å². The first-order valence-electron chi connectivity index (χ1n) is 7.66. The standard InChI is InChI=1S/C17H24ClNO2/c1-11-6-4-5-7-15(11)19-16(20)10-21-14-8-12(2)17(18)13(3)9-14/h8-9,11,15H,4-7,10H2,1-3H3,(H,19,20)/t11-,15-/m1/s1. The molecule has 3 nitrogen and oxygen atoms in total. The van der Waals surface area contributed by atoms with Gasteiger partial charge in [0.15, 0.2) is 6.61 Å². The zero-order valence-corrected chi connectivity index (χ0v) is 13.8. The second-order valence-electron chi connectivity index (χ2n) is 6.10. The summed E-state index contributed by atoms with van der Waals surface area (Å²) in [6.07, 6.45) is 4.74. The van der Waals surface area contributed by atoms with E-state index < -0.39 is 0 Å². The molecule has 1 fully saturated rings. The maximum Gasteiger partial charge on any atom is 0.258 e. The Hall–Kier alpha value is -1.22. The lowest BCUT2D eigenvalue weighted by atomic mass is 9.86. The van der Waals surface area contributed by atoms with E-state index >= 15 is 0 Å². The van der Waals surface area contributed by atoms with Gasteiger partial charge in [-0.15, -0.1) is 0 Å². The van der Waals surface area contributed by atoms with Crippen LogP contribution in [0.15, 0.2) is 12.1 Å². The Morgan fingerprint density at radius 1 is 1.29 bits per heavy atom. The molecule has 4 heteroatoms. The molecule has 1 amide bonds. The van der Waals surface area contributed by atoms with Gasteiger partial charge in [0, 0.05) is 11.1 Å². The van der Waals surface area contributed by atoms with Gasteiger partial charge in [0.05, 0.1) is 0 Å². The van der Waals surface area contributed by atoms with Gasteiger partial charge >= 0.3 is 0 Å². The molecular formula is C17H24ClNO2. The van der Waals surface area contributed by atoms with Crippen LogP contribution in [0, 0.1) is 19.8 Å². The first-order valence-corrected chi connectivity index (χ1v) is 8.04. The molecule has 1 aromatic carbocycles. The van der Waals surface area contributed by atoms with Crippen molar-refractivity contribution in [3.63, 3.8) is 0 Å². The van der Waals surface area contributed by atoms with Crippen LogP contribution in [0.4, 0.5) is 0 Å². The Morgan fingerprint density at radius 2 is 1.90 bits per heavy atom. The third-order valence-corrected chi connectivity index (χ3v) is 4.83. The number of amides is 1. The smallest absolute Gasteiger partial charge is 0.258 e. The van der Waals surface area contributed by atoms with Crippen LogP contribution in [0.1, 0.15) is 43.7 Å². The molecule has 0 saturated heterocycles. The first kappa shape index (κ1) is 16.2. The van der Waals surface area contributed by atoms with Crippen molar-refractivity contribution in [3.05, 3.63) is 28.3 Å². The molecule has 0 radical (unpaired) electrons. The average molecular weight is 310 g/mol. The monoisotopic (exact) mass is 309 g/mol. The molecule has 0 aromatic heterocycles. The number of ether oxygens (including phenoxy) is 1. The van der Waals surface area contributed by atoms with Gasteiger partial charge < -0.3 is 10.1 Å². The highest BCUT2D eigenvalue weighted by atomic mass is 35.5. The predicted octanol–water partition coefficient (Wildman–Crippen LogP) is 4.03. The van der Waals surface area contributed by atoms with Crippen LogP contribution >= 0.6 is 11.6 Å². The van der Waals surface area contributed by atoms with Crippen molar-refractivity contribution in [2.75, 3.05) is 6.61 Å². The highest BCUT2D eigenvalue weighted by molar-refractivity contribution is 6.32. The molecule has 0 aliphatic heterocycles. The Morgan fingerprint density at radius 3 is 2.52 bits per heavy atom. The largest absolute Gasteiger partial charge is 0.484 e. The van der Waals surface area contributed by atoms with Crippen LogP contribution in [-0.4, -0.2) is 18.6 Å². The molecule has 0 unspecified atom stereocenters. The van der Waals surface area contributed by atoms with Crippen molar-refractivity contribution in [2.24, 2.45) is 5.92 Å². The van der Waals surface area contributed by atoms with E-state index in [1.165, 1.54) is 19.3 Å². The van der Waals surface area contributed by atoms with E-state index in [1.54, 1.807) is 0 Å². The second kappa shape index (κ2) is 7.17. The number of hydrogen-bond donors (Lipinski definition) is 1. The molecule has 1 N–H and O–H groups in total. The molecule has 2 rings (SSSR count). The van der Waals surface area contributed by atoms with Gasteiger partial charge in [0.25, 0.3) is 5.91 Å². The summed E-state index contributed by atoms with van der Waals surface area (Å²) in [5.41, 5.74) is 1.93. The summed E-state index contributed by atoms with van der Waals surface area (Å²) in [6, 6.07) is 4.03. The predicted molar refractivity (Wildman–Crippen MR) is 86.0 cm³/mol. The fourth-order valence-corrected chi connectivity index (χ4v) is 3.03. The van der Waals surface area contributed by atoms with Crippen molar-refractivity contribution in [1.82, 2.24) is 5.32 Å². The summed E-state index contributed by atoms with van der Waals surface area (Å²) in [4.78, 5) is 12.0. The first-order chi connectivity index (χ1) is 9.97. The van der Waals surface area contributed by atoms with Gasteiger partial charge in [-0.05, 0) is 55.9 Å². The van der Waals surface area contributed by atoms with Crippen LogP contribution in [-0.2, 0) is 4.79 Å². The van der Waals surface area contributed by atoms with Gasteiger partial charge in [0.2, 0.25) is 0 Å². The Bertz CT molecular complexity index is 493. The summed E-state index contributed by atoms with van der Waals surface area (Å²) >= 11 is 6.12. The molecule has 2 atom stereocenters. The molecule has 0 heterocycles. The van der Waals surface area contributed by atoms with Crippen LogP contribution < -0.4 is 10.1 Å². The van der Waals surface area contributed by atoms with Gasteiger partial charge in [-0.1, -0.05) is 31.4 Å². The molecule has 1 aromatic rings. The quantitative estimate of drug-likeness (QED) is 0.912. The van der Waals surface area contributed by atoms with Crippen molar-refractivity contribution in [1.29, 1.82) is 0 Å². The number of halogens is 1. The number of carbonyl (C=O) groups is 1. The molecule has 1 aliphatic rings. The van der Waals surface area contributed by atoms with E-state index in [0.717, 1.165) is 22.6 Å². The Labute approximate surface area is 132 Å². The maximum atomic E-state index is 12.0. The highest BCUT2D eigenvalue weighted by Crippen LogP contribution is 2.26. The SMILES string of the molecule is Cc1cc(OCC(=O)N[C@@H]2CCCC[C@H]2C)cc(C)c1Cl. The highest BCUT2D eigenvalue weighted by Gasteiger charge is 2.22.